The molecule has 1 unspecified atom stereocenters. The Kier molecular flexibility index (Phi) is 5.23. The molecular formula is C11H22O2. The van der Waals surface area contributed by atoms with Crippen molar-refractivity contribution in [2.45, 2.75) is 52.6 Å². The smallest absolute Gasteiger partial charge is 0.132 e. The minimum absolute atomic E-state index is 0.0451. The van der Waals surface area contributed by atoms with Gasteiger partial charge in [-0.25, -0.2) is 0 Å². The minimum atomic E-state index is -0.0451. The first kappa shape index (κ1) is 12.6. The Morgan fingerprint density at radius 3 is 2.38 bits per heavy atom. The summed E-state index contributed by atoms with van der Waals surface area (Å²) >= 11 is 0. The molecule has 78 valence electrons. The zero-order chi connectivity index (χ0) is 10.5. The number of carbonyl (C=O) groups excluding carboxylic acids is 1. The fourth-order valence-electron chi connectivity index (χ4n) is 1.14. The molecule has 0 spiro atoms. The normalized spacial score (nSPS) is 14.2. The summed E-state index contributed by atoms with van der Waals surface area (Å²) in [5, 5.41) is 0. The van der Waals surface area contributed by atoms with E-state index in [4.69, 9.17) is 4.74 Å². The van der Waals surface area contributed by atoms with E-state index in [2.05, 4.69) is 13.8 Å². The summed E-state index contributed by atoms with van der Waals surface area (Å²) in [5.41, 5.74) is -0.0451. The number of ether oxygens (including phenoxy) is 1. The zero-order valence-electron chi connectivity index (χ0n) is 9.52. The van der Waals surface area contributed by atoms with Gasteiger partial charge in [0.1, 0.15) is 5.78 Å². The van der Waals surface area contributed by atoms with E-state index in [0.717, 1.165) is 19.3 Å². The SMILES string of the molecule is COC(C)(C)CCCC(C)C(C)=O. The van der Waals surface area contributed by atoms with Gasteiger partial charge in [0.25, 0.3) is 0 Å². The van der Waals surface area contributed by atoms with Gasteiger partial charge in [-0.05, 0) is 40.0 Å². The number of ketones is 1. The standard InChI is InChI=1S/C11H22O2/c1-9(10(2)12)7-6-8-11(3,4)13-5/h9H,6-8H2,1-5H3. The van der Waals surface area contributed by atoms with Crippen LogP contribution in [0.15, 0.2) is 0 Å². The van der Waals surface area contributed by atoms with Crippen molar-refractivity contribution in [3.63, 3.8) is 0 Å². The summed E-state index contributed by atoms with van der Waals surface area (Å²) < 4.78 is 5.30. The van der Waals surface area contributed by atoms with Gasteiger partial charge in [0.05, 0.1) is 5.60 Å². The molecule has 0 bridgehead atoms. The van der Waals surface area contributed by atoms with Crippen molar-refractivity contribution < 1.29 is 9.53 Å². The van der Waals surface area contributed by atoms with Gasteiger partial charge < -0.3 is 4.74 Å². The largest absolute Gasteiger partial charge is 0.379 e. The first-order chi connectivity index (χ1) is 5.89. The summed E-state index contributed by atoms with van der Waals surface area (Å²) in [6.45, 7) is 7.80. The van der Waals surface area contributed by atoms with Crippen molar-refractivity contribution in [2.24, 2.45) is 5.92 Å². The molecule has 0 aliphatic rings. The van der Waals surface area contributed by atoms with Crippen LogP contribution in [-0.4, -0.2) is 18.5 Å². The van der Waals surface area contributed by atoms with Gasteiger partial charge in [-0.3, -0.25) is 4.79 Å². The monoisotopic (exact) mass is 186 g/mol. The van der Waals surface area contributed by atoms with E-state index in [0.29, 0.717) is 0 Å². The molecule has 2 nitrogen and oxygen atoms in total. The van der Waals surface area contributed by atoms with E-state index in [1.165, 1.54) is 0 Å². The molecule has 0 fully saturated rings. The van der Waals surface area contributed by atoms with Crippen molar-refractivity contribution in [1.82, 2.24) is 0 Å². The van der Waals surface area contributed by atoms with Gasteiger partial charge in [0.2, 0.25) is 0 Å². The second kappa shape index (κ2) is 5.38. The average Bonchev–Trinajstić information content (AvgIpc) is 2.04. The highest BCUT2D eigenvalue weighted by Gasteiger charge is 2.16. The highest BCUT2D eigenvalue weighted by atomic mass is 16.5. The zero-order valence-corrected chi connectivity index (χ0v) is 9.52. The summed E-state index contributed by atoms with van der Waals surface area (Å²) in [5.74, 6) is 0.489. The molecule has 0 heterocycles. The molecule has 0 aliphatic carbocycles. The van der Waals surface area contributed by atoms with Crippen molar-refractivity contribution in [1.29, 1.82) is 0 Å². The van der Waals surface area contributed by atoms with Crippen molar-refractivity contribution in [2.75, 3.05) is 7.11 Å². The van der Waals surface area contributed by atoms with Gasteiger partial charge in [0.15, 0.2) is 0 Å². The predicted molar refractivity (Wildman–Crippen MR) is 54.8 cm³/mol. The highest BCUT2D eigenvalue weighted by molar-refractivity contribution is 5.77. The van der Waals surface area contributed by atoms with Crippen molar-refractivity contribution in [3.05, 3.63) is 0 Å². The lowest BCUT2D eigenvalue weighted by Gasteiger charge is -2.23. The molecule has 0 aliphatic heterocycles. The van der Waals surface area contributed by atoms with Crippen molar-refractivity contribution in [3.8, 4) is 0 Å². The maximum Gasteiger partial charge on any atom is 0.132 e. The van der Waals surface area contributed by atoms with Crippen LogP contribution in [0.4, 0.5) is 0 Å². The van der Waals surface area contributed by atoms with Crippen LogP contribution in [0.3, 0.4) is 0 Å². The van der Waals surface area contributed by atoms with E-state index >= 15 is 0 Å². The fourth-order valence-corrected chi connectivity index (χ4v) is 1.14. The highest BCUT2D eigenvalue weighted by Crippen LogP contribution is 2.19. The Balaban J connectivity index is 3.62. The number of rotatable bonds is 6. The second-order valence-corrected chi connectivity index (χ2v) is 4.37. The van der Waals surface area contributed by atoms with Crippen molar-refractivity contribution >= 4 is 5.78 Å². The third-order valence-corrected chi connectivity index (χ3v) is 2.66. The lowest BCUT2D eigenvalue weighted by Crippen LogP contribution is -2.22. The maximum absolute atomic E-state index is 10.9. The molecule has 0 saturated heterocycles. The van der Waals surface area contributed by atoms with Gasteiger partial charge in [0, 0.05) is 13.0 Å². The third kappa shape index (κ3) is 5.81. The number of Topliss-reactive ketones (excluding diaryl/α,β-unsaturated/α-hetero) is 1. The Hall–Kier alpha value is -0.370. The summed E-state index contributed by atoms with van der Waals surface area (Å²) in [7, 11) is 1.73. The van der Waals surface area contributed by atoms with Crippen LogP contribution >= 0.6 is 0 Å². The van der Waals surface area contributed by atoms with Crippen LogP contribution in [0.25, 0.3) is 0 Å². The maximum atomic E-state index is 10.9. The lowest BCUT2D eigenvalue weighted by atomic mass is 9.95. The quantitative estimate of drug-likeness (QED) is 0.637. The van der Waals surface area contributed by atoms with Crippen LogP contribution in [-0.2, 0) is 9.53 Å². The topological polar surface area (TPSA) is 26.3 Å². The van der Waals surface area contributed by atoms with Crippen LogP contribution in [0.1, 0.15) is 47.0 Å². The molecule has 2 heteroatoms. The minimum Gasteiger partial charge on any atom is -0.379 e. The van der Waals surface area contributed by atoms with Crippen LogP contribution in [0.2, 0.25) is 0 Å². The molecule has 0 aromatic heterocycles. The molecule has 0 aromatic rings. The van der Waals surface area contributed by atoms with Crippen LogP contribution < -0.4 is 0 Å². The van der Waals surface area contributed by atoms with E-state index in [1.54, 1.807) is 14.0 Å². The Morgan fingerprint density at radius 2 is 2.00 bits per heavy atom. The van der Waals surface area contributed by atoms with E-state index in [-0.39, 0.29) is 17.3 Å². The summed E-state index contributed by atoms with van der Waals surface area (Å²) in [6, 6.07) is 0. The number of hydrogen-bond acceptors (Lipinski definition) is 2. The molecule has 0 N–H and O–H groups in total. The molecule has 13 heavy (non-hydrogen) atoms. The molecular weight excluding hydrogens is 164 g/mol. The number of methoxy groups -OCH3 is 1. The first-order valence-electron chi connectivity index (χ1n) is 4.94. The predicted octanol–water partition coefficient (Wildman–Crippen LogP) is 2.81. The molecule has 0 aromatic carbocycles. The molecule has 0 rings (SSSR count). The molecule has 0 radical (unpaired) electrons. The van der Waals surface area contributed by atoms with E-state index < -0.39 is 0 Å². The Bertz CT molecular complexity index is 161. The molecule has 0 amide bonds. The molecule has 0 saturated carbocycles. The van der Waals surface area contributed by atoms with E-state index in [9.17, 15) is 4.79 Å². The summed E-state index contributed by atoms with van der Waals surface area (Å²) in [6.07, 6.45) is 3.05. The number of carbonyl (C=O) groups is 1. The van der Waals surface area contributed by atoms with Gasteiger partial charge in [-0.15, -0.1) is 0 Å². The average molecular weight is 186 g/mol. The van der Waals surface area contributed by atoms with Gasteiger partial charge >= 0.3 is 0 Å². The molecule has 1 atom stereocenters. The van der Waals surface area contributed by atoms with Gasteiger partial charge in [-0.2, -0.15) is 0 Å². The van der Waals surface area contributed by atoms with E-state index in [1.807, 2.05) is 6.92 Å². The number of hydrogen-bond donors (Lipinski definition) is 0. The fraction of sp³-hybridized carbons (Fsp3) is 0.909. The second-order valence-electron chi connectivity index (χ2n) is 4.37. The summed E-state index contributed by atoms with van der Waals surface area (Å²) in [4.78, 5) is 10.9. The Labute approximate surface area is 81.7 Å². The van der Waals surface area contributed by atoms with Crippen LogP contribution in [0.5, 0.6) is 0 Å². The third-order valence-electron chi connectivity index (χ3n) is 2.66. The van der Waals surface area contributed by atoms with Crippen LogP contribution in [0, 0.1) is 5.92 Å². The Morgan fingerprint density at radius 1 is 1.46 bits per heavy atom. The van der Waals surface area contributed by atoms with Gasteiger partial charge in [-0.1, -0.05) is 6.92 Å². The lowest BCUT2D eigenvalue weighted by molar-refractivity contribution is -0.120. The first-order valence-corrected chi connectivity index (χ1v) is 4.94.